The van der Waals surface area contributed by atoms with Gasteiger partial charge in [-0.1, -0.05) is 79.2 Å². The van der Waals surface area contributed by atoms with Gasteiger partial charge in [-0.3, -0.25) is 9.05 Å². The van der Waals surface area contributed by atoms with Crippen molar-refractivity contribution in [1.29, 1.82) is 0 Å². The molecule has 0 radical (unpaired) electrons. The van der Waals surface area contributed by atoms with E-state index in [0.717, 1.165) is 49.7 Å². The second kappa shape index (κ2) is 12.6. The van der Waals surface area contributed by atoms with Crippen LogP contribution in [0.1, 0.15) is 56.1 Å². The zero-order valence-electron chi connectivity index (χ0n) is 23.7. The van der Waals surface area contributed by atoms with Gasteiger partial charge in [-0.05, 0) is 60.8 Å². The number of likely N-dealkylation sites (N-methyl/N-ethyl adjacent to an activating group) is 1. The van der Waals surface area contributed by atoms with Crippen molar-refractivity contribution in [3.05, 3.63) is 83.9 Å². The molecule has 0 spiro atoms. The molecular weight excluding hydrogens is 509 g/mol. The quantitative estimate of drug-likeness (QED) is 0.154. The van der Waals surface area contributed by atoms with Crippen LogP contribution in [0.4, 0.5) is 0 Å². The van der Waals surface area contributed by atoms with E-state index in [9.17, 15) is 14.6 Å². The first kappa shape index (κ1) is 29.9. The summed E-state index contributed by atoms with van der Waals surface area (Å²) >= 11 is 0. The molecule has 2 aromatic carbocycles. The van der Waals surface area contributed by atoms with E-state index in [1.165, 1.54) is 16.7 Å². The predicted molar refractivity (Wildman–Crippen MR) is 158 cm³/mol. The van der Waals surface area contributed by atoms with Crippen LogP contribution in [0.3, 0.4) is 0 Å². The van der Waals surface area contributed by atoms with Crippen molar-refractivity contribution in [1.82, 2.24) is 0 Å². The summed E-state index contributed by atoms with van der Waals surface area (Å²) in [4.78, 5) is 9.96. The van der Waals surface area contributed by atoms with Crippen molar-refractivity contribution >= 4 is 19.0 Å². The van der Waals surface area contributed by atoms with E-state index in [-0.39, 0.29) is 30.7 Å². The van der Waals surface area contributed by atoms with Gasteiger partial charge in [-0.15, -0.1) is 0 Å². The highest BCUT2D eigenvalue weighted by atomic mass is 31.2. The SMILES string of the molecule is C=C(c1ccccc1)C12CCC(O)C1CC(CCCCCOP(=O)(O)OCC[N+](C)(C)C)=C2c1ccccc1. The van der Waals surface area contributed by atoms with Gasteiger partial charge in [0.25, 0.3) is 0 Å². The summed E-state index contributed by atoms with van der Waals surface area (Å²) in [5.74, 6) is 0.128. The van der Waals surface area contributed by atoms with Gasteiger partial charge in [-0.25, -0.2) is 4.57 Å². The fourth-order valence-electron chi connectivity index (χ4n) is 6.37. The average Bonchev–Trinajstić information content (AvgIpc) is 3.40. The van der Waals surface area contributed by atoms with E-state index in [4.69, 9.17) is 9.05 Å². The molecule has 4 rings (SSSR count). The van der Waals surface area contributed by atoms with Crippen LogP contribution < -0.4 is 0 Å². The number of hydrogen-bond acceptors (Lipinski definition) is 4. The Hall–Kier alpha value is -2.05. The minimum absolute atomic E-state index is 0.128. The Morgan fingerprint density at radius 2 is 1.64 bits per heavy atom. The summed E-state index contributed by atoms with van der Waals surface area (Å²) in [5, 5.41) is 11.1. The van der Waals surface area contributed by atoms with Gasteiger partial charge in [0.1, 0.15) is 13.2 Å². The first-order valence-electron chi connectivity index (χ1n) is 14.2. The van der Waals surface area contributed by atoms with Crippen molar-refractivity contribution in [2.24, 2.45) is 11.3 Å². The second-order valence-electron chi connectivity index (χ2n) is 12.0. The molecule has 0 amide bonds. The van der Waals surface area contributed by atoms with Gasteiger partial charge in [0.15, 0.2) is 0 Å². The Labute approximate surface area is 234 Å². The molecule has 4 unspecified atom stereocenters. The van der Waals surface area contributed by atoms with Gasteiger partial charge < -0.3 is 14.5 Å². The van der Waals surface area contributed by atoms with E-state index >= 15 is 0 Å². The van der Waals surface area contributed by atoms with Crippen LogP contribution in [-0.2, 0) is 13.6 Å². The molecule has 1 saturated carbocycles. The number of rotatable bonds is 14. The average molecular weight is 555 g/mol. The third kappa shape index (κ3) is 7.18. The number of nitrogens with zero attached hydrogens (tertiary/aromatic N) is 1. The smallest absolute Gasteiger partial charge is 0.393 e. The summed E-state index contributed by atoms with van der Waals surface area (Å²) in [6.07, 6.45) is 5.65. The minimum atomic E-state index is -4.02. The number of fused-ring (bicyclic) bond motifs is 1. The maximum atomic E-state index is 12.2. The molecule has 0 bridgehead atoms. The summed E-state index contributed by atoms with van der Waals surface area (Å²) in [6, 6.07) is 21.0. The number of benzene rings is 2. The van der Waals surface area contributed by atoms with Crippen LogP contribution in [0.2, 0.25) is 0 Å². The molecule has 0 aromatic heterocycles. The molecule has 4 atom stereocenters. The van der Waals surface area contributed by atoms with E-state index < -0.39 is 7.82 Å². The van der Waals surface area contributed by atoms with Gasteiger partial charge >= 0.3 is 7.82 Å². The zero-order chi connectivity index (χ0) is 28.1. The van der Waals surface area contributed by atoms with Gasteiger partial charge in [-0.2, -0.15) is 0 Å². The summed E-state index contributed by atoms with van der Waals surface area (Å²) in [6.45, 7) is 5.63. The monoisotopic (exact) mass is 554 g/mol. The maximum Gasteiger partial charge on any atom is 0.472 e. The number of phosphoric ester groups is 1. The van der Waals surface area contributed by atoms with E-state index in [2.05, 4.69) is 55.1 Å². The molecule has 39 heavy (non-hydrogen) atoms. The number of aliphatic hydroxyl groups is 1. The number of phosphoric acid groups is 1. The number of hydrogen-bond donors (Lipinski definition) is 2. The van der Waals surface area contributed by atoms with Gasteiger partial charge in [0, 0.05) is 11.3 Å². The molecule has 2 aliphatic carbocycles. The molecular formula is C32H45NO5P+. The van der Waals surface area contributed by atoms with E-state index in [1.807, 2.05) is 33.3 Å². The topological polar surface area (TPSA) is 76.0 Å². The Morgan fingerprint density at radius 1 is 1.00 bits per heavy atom. The molecule has 1 fully saturated rings. The first-order chi connectivity index (χ1) is 18.5. The molecule has 6 nitrogen and oxygen atoms in total. The molecule has 0 aliphatic heterocycles. The molecule has 0 saturated heterocycles. The van der Waals surface area contributed by atoms with Gasteiger partial charge in [0.05, 0.1) is 33.9 Å². The van der Waals surface area contributed by atoms with E-state index in [0.29, 0.717) is 17.4 Å². The van der Waals surface area contributed by atoms with Crippen molar-refractivity contribution in [2.45, 2.75) is 51.0 Å². The van der Waals surface area contributed by atoms with Crippen molar-refractivity contribution in [3.8, 4) is 0 Å². The molecule has 2 N–H and O–H groups in total. The molecule has 212 valence electrons. The van der Waals surface area contributed by atoms with Crippen LogP contribution in [0, 0.1) is 11.3 Å². The minimum Gasteiger partial charge on any atom is -0.393 e. The third-order valence-corrected chi connectivity index (χ3v) is 9.33. The van der Waals surface area contributed by atoms with Crippen molar-refractivity contribution < 1.29 is 28.1 Å². The lowest BCUT2D eigenvalue weighted by molar-refractivity contribution is -0.870. The van der Waals surface area contributed by atoms with Crippen LogP contribution in [0.5, 0.6) is 0 Å². The number of allylic oxidation sites excluding steroid dienone is 3. The Bertz CT molecular complexity index is 1190. The fourth-order valence-corrected chi connectivity index (χ4v) is 7.12. The number of quaternary nitrogens is 1. The third-order valence-electron chi connectivity index (χ3n) is 8.31. The highest BCUT2D eigenvalue weighted by molar-refractivity contribution is 7.47. The zero-order valence-corrected chi connectivity index (χ0v) is 24.6. The van der Waals surface area contributed by atoms with E-state index in [1.54, 1.807) is 0 Å². The molecule has 7 heteroatoms. The van der Waals surface area contributed by atoms with Crippen molar-refractivity contribution in [3.63, 3.8) is 0 Å². The number of aliphatic hydroxyl groups excluding tert-OH is 1. The van der Waals surface area contributed by atoms with Gasteiger partial charge in [0.2, 0.25) is 0 Å². The highest BCUT2D eigenvalue weighted by Gasteiger charge is 2.56. The number of unbranched alkanes of at least 4 members (excludes halogenated alkanes) is 2. The van der Waals surface area contributed by atoms with Crippen LogP contribution >= 0.6 is 7.82 Å². The lowest BCUT2D eigenvalue weighted by Gasteiger charge is -2.37. The second-order valence-corrected chi connectivity index (χ2v) is 13.5. The normalized spacial score (nSPS) is 24.5. The molecule has 2 aliphatic rings. The Morgan fingerprint density at radius 3 is 2.31 bits per heavy atom. The summed E-state index contributed by atoms with van der Waals surface area (Å²) in [5.41, 5.74) is 5.94. The summed E-state index contributed by atoms with van der Waals surface area (Å²) in [7, 11) is 1.98. The molecule has 2 aromatic rings. The lowest BCUT2D eigenvalue weighted by Crippen LogP contribution is -2.37. The summed E-state index contributed by atoms with van der Waals surface area (Å²) < 4.78 is 23.1. The van der Waals surface area contributed by atoms with Crippen LogP contribution in [0.15, 0.2) is 72.8 Å². The fraction of sp³-hybridized carbons (Fsp3) is 0.500. The lowest BCUT2D eigenvalue weighted by atomic mass is 9.66. The maximum absolute atomic E-state index is 12.2. The first-order valence-corrected chi connectivity index (χ1v) is 15.7. The molecule has 0 heterocycles. The standard InChI is InChI=1S/C32H44NO5P/c1-25(26-14-8-5-9-15-26)32-20-19-30(34)29(32)24-28(31(32)27-16-10-6-11-17-27)18-12-7-13-22-37-39(35,36)38-23-21-33(2,3)4/h5-6,8-11,14-17,29-30,34H,1,7,12-13,18-24H2,2-4H3/p+1. The Balaban J connectivity index is 1.44. The Kier molecular flexibility index (Phi) is 9.69. The van der Waals surface area contributed by atoms with Crippen LogP contribution in [-0.4, -0.2) is 61.5 Å². The largest absolute Gasteiger partial charge is 0.472 e. The predicted octanol–water partition coefficient (Wildman–Crippen LogP) is 6.71. The van der Waals surface area contributed by atoms with Crippen LogP contribution in [0.25, 0.3) is 11.1 Å². The van der Waals surface area contributed by atoms with Crippen molar-refractivity contribution in [2.75, 3.05) is 40.9 Å². The highest BCUT2D eigenvalue weighted by Crippen LogP contribution is 2.66.